The van der Waals surface area contributed by atoms with Crippen molar-refractivity contribution in [1.82, 2.24) is 0 Å². The zero-order chi connectivity index (χ0) is 24.1. The molecule has 4 rings (SSSR count). The van der Waals surface area contributed by atoms with E-state index in [1.807, 2.05) is 62.4 Å². The number of nitrogens with zero attached hydrogens (tertiary/aromatic N) is 1. The number of halogens is 2. The number of esters is 1. The van der Waals surface area contributed by atoms with Gasteiger partial charge in [0.25, 0.3) is 0 Å². The fraction of sp³-hybridized carbons (Fsp3) is 0.185. The highest BCUT2D eigenvalue weighted by Gasteiger charge is 2.25. The normalized spacial score (nSPS) is 14.2. The number of aryl methyl sites for hydroxylation is 1. The molecule has 34 heavy (non-hydrogen) atoms. The summed E-state index contributed by atoms with van der Waals surface area (Å²) < 4.78 is 19.4. The highest BCUT2D eigenvalue weighted by molar-refractivity contribution is 14.1. The number of hydrogen-bond donors (Lipinski definition) is 0. The Labute approximate surface area is 226 Å². The van der Waals surface area contributed by atoms with Crippen molar-refractivity contribution in [2.75, 3.05) is 13.2 Å². The number of hydrogen-bond acceptors (Lipinski definition) is 5. The second-order valence-corrected chi connectivity index (χ2v) is 9.97. The van der Waals surface area contributed by atoms with Gasteiger partial charge in [-0.25, -0.2) is 9.79 Å². The van der Waals surface area contributed by atoms with Crippen LogP contribution in [0.25, 0.3) is 6.08 Å². The molecule has 3 aromatic carbocycles. The SMILES string of the molecule is CCOc1cc(/C=C2\N=C(c3ccc(I)c(C)c3)OC2=O)cc(I)c1OCCc1ccccc1. The molecule has 0 saturated heterocycles. The Hall–Kier alpha value is -2.40. The fourth-order valence-corrected chi connectivity index (χ4v) is 4.57. The van der Waals surface area contributed by atoms with Crippen molar-refractivity contribution in [3.8, 4) is 11.5 Å². The van der Waals surface area contributed by atoms with Crippen molar-refractivity contribution in [1.29, 1.82) is 0 Å². The van der Waals surface area contributed by atoms with E-state index in [9.17, 15) is 4.79 Å². The average molecular weight is 679 g/mol. The number of ether oxygens (including phenoxy) is 3. The van der Waals surface area contributed by atoms with Gasteiger partial charge < -0.3 is 14.2 Å². The summed E-state index contributed by atoms with van der Waals surface area (Å²) in [6.45, 7) is 4.98. The highest BCUT2D eigenvalue weighted by atomic mass is 127. The highest BCUT2D eigenvalue weighted by Crippen LogP contribution is 2.35. The van der Waals surface area contributed by atoms with Crippen LogP contribution in [0.1, 0.15) is 29.2 Å². The van der Waals surface area contributed by atoms with Crippen LogP contribution in [0.4, 0.5) is 0 Å². The van der Waals surface area contributed by atoms with E-state index in [1.165, 1.54) is 5.56 Å². The first-order chi connectivity index (χ1) is 16.4. The summed E-state index contributed by atoms with van der Waals surface area (Å²) in [6.07, 6.45) is 2.52. The third kappa shape index (κ3) is 5.99. The first-order valence-electron chi connectivity index (χ1n) is 10.9. The summed E-state index contributed by atoms with van der Waals surface area (Å²) in [5, 5.41) is 0. The van der Waals surface area contributed by atoms with E-state index in [-0.39, 0.29) is 5.70 Å². The largest absolute Gasteiger partial charge is 0.490 e. The second-order valence-electron chi connectivity index (χ2n) is 7.65. The Bertz CT molecular complexity index is 1270. The Morgan fingerprint density at radius 3 is 2.53 bits per heavy atom. The minimum Gasteiger partial charge on any atom is -0.490 e. The van der Waals surface area contributed by atoms with E-state index in [1.54, 1.807) is 6.08 Å². The van der Waals surface area contributed by atoms with Crippen molar-refractivity contribution >= 4 is 63.1 Å². The van der Waals surface area contributed by atoms with Crippen LogP contribution in [0.15, 0.2) is 71.4 Å². The molecule has 0 N–H and O–H groups in total. The summed E-state index contributed by atoms with van der Waals surface area (Å²) in [5.41, 5.74) is 4.14. The molecule has 0 aromatic heterocycles. The third-order valence-electron chi connectivity index (χ3n) is 5.14. The quantitative estimate of drug-likeness (QED) is 0.154. The lowest BCUT2D eigenvalue weighted by molar-refractivity contribution is -0.129. The maximum absolute atomic E-state index is 12.5. The second kappa shape index (κ2) is 11.4. The van der Waals surface area contributed by atoms with Crippen LogP contribution < -0.4 is 9.47 Å². The van der Waals surface area contributed by atoms with Gasteiger partial charge in [0, 0.05) is 15.6 Å². The first-order valence-corrected chi connectivity index (χ1v) is 13.0. The molecule has 0 fully saturated rings. The molecule has 0 atom stereocenters. The molecule has 5 nitrogen and oxygen atoms in total. The zero-order valence-corrected chi connectivity index (χ0v) is 23.1. The number of rotatable bonds is 8. The van der Waals surface area contributed by atoms with Gasteiger partial charge in [-0.3, -0.25) is 0 Å². The molecule has 7 heteroatoms. The number of cyclic esters (lactones) is 1. The Balaban J connectivity index is 1.57. The molecular formula is C27H23I2NO4. The maximum atomic E-state index is 12.5. The lowest BCUT2D eigenvalue weighted by atomic mass is 10.1. The Kier molecular flexibility index (Phi) is 8.25. The monoisotopic (exact) mass is 679 g/mol. The summed E-state index contributed by atoms with van der Waals surface area (Å²) in [7, 11) is 0. The topological polar surface area (TPSA) is 57.1 Å². The number of aliphatic imine (C=N–C) groups is 1. The van der Waals surface area contributed by atoms with Gasteiger partial charge in [-0.15, -0.1) is 0 Å². The van der Waals surface area contributed by atoms with Gasteiger partial charge >= 0.3 is 5.97 Å². The van der Waals surface area contributed by atoms with Crippen LogP contribution in [0, 0.1) is 14.1 Å². The molecule has 0 radical (unpaired) electrons. The number of carbonyl (C=O) groups is 1. The molecule has 174 valence electrons. The molecular weight excluding hydrogens is 656 g/mol. The van der Waals surface area contributed by atoms with E-state index < -0.39 is 5.97 Å². The molecule has 0 amide bonds. The van der Waals surface area contributed by atoms with Crippen LogP contribution in [0.2, 0.25) is 0 Å². The van der Waals surface area contributed by atoms with Crippen molar-refractivity contribution in [2.45, 2.75) is 20.3 Å². The third-order valence-corrected chi connectivity index (χ3v) is 7.15. The molecule has 0 bridgehead atoms. The lowest BCUT2D eigenvalue weighted by Gasteiger charge is -2.15. The van der Waals surface area contributed by atoms with Crippen molar-refractivity contribution in [3.05, 3.63) is 95.8 Å². The summed E-state index contributed by atoms with van der Waals surface area (Å²) in [4.78, 5) is 16.9. The summed E-state index contributed by atoms with van der Waals surface area (Å²) in [5.74, 6) is 1.19. The van der Waals surface area contributed by atoms with Gasteiger partial charge in [0.2, 0.25) is 5.90 Å². The molecule has 0 spiro atoms. The van der Waals surface area contributed by atoms with E-state index >= 15 is 0 Å². The molecule has 1 aliphatic heterocycles. The maximum Gasteiger partial charge on any atom is 0.363 e. The van der Waals surface area contributed by atoms with E-state index in [0.717, 1.165) is 30.3 Å². The Morgan fingerprint density at radius 1 is 1.00 bits per heavy atom. The zero-order valence-electron chi connectivity index (χ0n) is 18.8. The summed E-state index contributed by atoms with van der Waals surface area (Å²) >= 11 is 4.50. The molecule has 1 heterocycles. The van der Waals surface area contributed by atoms with Crippen molar-refractivity contribution in [2.24, 2.45) is 4.99 Å². The van der Waals surface area contributed by atoms with Gasteiger partial charge in [-0.1, -0.05) is 30.3 Å². The van der Waals surface area contributed by atoms with Gasteiger partial charge in [-0.2, -0.15) is 0 Å². The number of benzene rings is 3. The lowest BCUT2D eigenvalue weighted by Crippen LogP contribution is -2.06. The number of carbonyl (C=O) groups excluding carboxylic acids is 1. The van der Waals surface area contributed by atoms with E-state index in [0.29, 0.717) is 30.6 Å². The Morgan fingerprint density at radius 2 is 1.79 bits per heavy atom. The predicted octanol–water partition coefficient (Wildman–Crippen LogP) is 6.57. The molecule has 1 aliphatic rings. The minimum atomic E-state index is -0.470. The van der Waals surface area contributed by atoms with Crippen LogP contribution in [0.3, 0.4) is 0 Å². The van der Waals surface area contributed by atoms with Crippen LogP contribution >= 0.6 is 45.2 Å². The van der Waals surface area contributed by atoms with Crippen LogP contribution in [-0.2, 0) is 16.0 Å². The predicted molar refractivity (Wildman–Crippen MR) is 150 cm³/mol. The van der Waals surface area contributed by atoms with Gasteiger partial charge in [0.1, 0.15) is 0 Å². The smallest absolute Gasteiger partial charge is 0.363 e. The van der Waals surface area contributed by atoms with Crippen molar-refractivity contribution in [3.63, 3.8) is 0 Å². The van der Waals surface area contributed by atoms with Crippen LogP contribution in [0.5, 0.6) is 11.5 Å². The molecule has 0 unspecified atom stereocenters. The van der Waals surface area contributed by atoms with E-state index in [2.05, 4.69) is 62.3 Å². The van der Waals surface area contributed by atoms with Gasteiger partial charge in [-0.05, 0) is 112 Å². The van der Waals surface area contributed by atoms with Crippen molar-refractivity contribution < 1.29 is 19.0 Å². The minimum absolute atomic E-state index is 0.252. The van der Waals surface area contributed by atoms with Gasteiger partial charge in [0.05, 0.1) is 16.8 Å². The summed E-state index contributed by atoms with van der Waals surface area (Å²) in [6, 6.07) is 19.9. The molecule has 3 aromatic rings. The first kappa shape index (κ1) is 24.7. The fourth-order valence-electron chi connectivity index (χ4n) is 3.46. The van der Waals surface area contributed by atoms with E-state index in [4.69, 9.17) is 14.2 Å². The standard InChI is InChI=1S/C27H23I2NO4/c1-3-32-24-16-19(14-22(29)25(24)33-12-11-18-7-5-4-6-8-18)15-23-27(31)34-26(30-23)20-9-10-21(28)17(2)13-20/h4-10,13-16H,3,11-12H2,1-2H3/b23-15-. The van der Waals surface area contributed by atoms with Gasteiger partial charge in [0.15, 0.2) is 17.2 Å². The average Bonchev–Trinajstić information content (AvgIpc) is 3.18. The van der Waals surface area contributed by atoms with Crippen LogP contribution in [-0.4, -0.2) is 25.1 Å². The molecule has 0 aliphatic carbocycles. The molecule has 0 saturated carbocycles.